The Morgan fingerprint density at radius 1 is 1.22 bits per heavy atom. The van der Waals surface area contributed by atoms with Gasteiger partial charge in [-0.2, -0.15) is 5.26 Å². The molecule has 1 amide bonds. The third kappa shape index (κ3) is 3.54. The van der Waals surface area contributed by atoms with Crippen LogP contribution >= 0.6 is 11.8 Å². The lowest BCUT2D eigenvalue weighted by atomic mass is 10.1. The number of piperidine rings is 1. The monoisotopic (exact) mass is 382 g/mol. The normalized spacial score (nSPS) is 20.0. The average Bonchev–Trinajstić information content (AvgIpc) is 3.19. The lowest BCUT2D eigenvalue weighted by molar-refractivity contribution is -0.131. The van der Waals surface area contributed by atoms with E-state index < -0.39 is 0 Å². The standard InChI is InChI=1S/C20H22N4O2S/c21-11-16-13-27-14-24(16)20(26)12-23-9-6-19(25)17-10-15(4-5-18(17)23)22-7-2-1-3-8-22/h4-6,9-10,16H,1-3,7-8,12-14H2/t16-/m1/s1. The van der Waals surface area contributed by atoms with Crippen LogP contribution in [0.4, 0.5) is 5.69 Å². The summed E-state index contributed by atoms with van der Waals surface area (Å²) in [6, 6.07) is 9.28. The highest BCUT2D eigenvalue weighted by Gasteiger charge is 2.29. The number of hydrogen-bond donors (Lipinski definition) is 0. The largest absolute Gasteiger partial charge is 0.372 e. The minimum absolute atomic E-state index is 0.0285. The van der Waals surface area contributed by atoms with Crippen molar-refractivity contribution in [2.75, 3.05) is 29.6 Å². The van der Waals surface area contributed by atoms with Crippen molar-refractivity contribution in [1.29, 1.82) is 5.26 Å². The fraction of sp³-hybridized carbons (Fsp3) is 0.450. The van der Waals surface area contributed by atoms with Gasteiger partial charge in [-0.1, -0.05) is 0 Å². The molecular weight excluding hydrogens is 360 g/mol. The van der Waals surface area contributed by atoms with E-state index in [1.807, 2.05) is 22.8 Å². The second-order valence-corrected chi connectivity index (χ2v) is 8.07. The number of thioether (sulfide) groups is 1. The zero-order valence-corrected chi connectivity index (χ0v) is 16.0. The predicted molar refractivity (Wildman–Crippen MR) is 108 cm³/mol. The number of hydrogen-bond acceptors (Lipinski definition) is 5. The molecule has 0 spiro atoms. The third-order valence-electron chi connectivity index (χ3n) is 5.34. The van der Waals surface area contributed by atoms with Gasteiger partial charge in [0.25, 0.3) is 0 Å². The molecule has 4 rings (SSSR count). The fourth-order valence-electron chi connectivity index (χ4n) is 3.82. The first-order valence-electron chi connectivity index (χ1n) is 9.32. The molecule has 1 atom stereocenters. The highest BCUT2D eigenvalue weighted by Crippen LogP contribution is 2.24. The van der Waals surface area contributed by atoms with Crippen molar-refractivity contribution in [2.45, 2.75) is 31.8 Å². The first-order valence-corrected chi connectivity index (χ1v) is 10.5. The maximum atomic E-state index is 12.7. The average molecular weight is 382 g/mol. The highest BCUT2D eigenvalue weighted by molar-refractivity contribution is 7.99. The van der Waals surface area contributed by atoms with E-state index in [1.165, 1.54) is 25.3 Å². The van der Waals surface area contributed by atoms with Gasteiger partial charge in [0, 0.05) is 42.2 Å². The minimum Gasteiger partial charge on any atom is -0.372 e. The van der Waals surface area contributed by atoms with Crippen LogP contribution in [0.3, 0.4) is 0 Å². The Morgan fingerprint density at radius 3 is 2.81 bits per heavy atom. The van der Waals surface area contributed by atoms with E-state index in [1.54, 1.807) is 22.9 Å². The van der Waals surface area contributed by atoms with Crippen molar-refractivity contribution in [3.05, 3.63) is 40.7 Å². The van der Waals surface area contributed by atoms with Crippen LogP contribution in [-0.2, 0) is 11.3 Å². The maximum Gasteiger partial charge on any atom is 0.244 e. The zero-order valence-electron chi connectivity index (χ0n) is 15.1. The molecular formula is C20H22N4O2S. The summed E-state index contributed by atoms with van der Waals surface area (Å²) in [6.45, 7) is 2.18. The number of carbonyl (C=O) groups is 1. The van der Waals surface area contributed by atoms with Crippen LogP contribution in [0, 0.1) is 11.3 Å². The van der Waals surface area contributed by atoms with Crippen molar-refractivity contribution in [3.8, 4) is 6.07 Å². The van der Waals surface area contributed by atoms with E-state index in [2.05, 4.69) is 11.0 Å². The zero-order chi connectivity index (χ0) is 18.8. The lowest BCUT2D eigenvalue weighted by Crippen LogP contribution is -2.38. The summed E-state index contributed by atoms with van der Waals surface area (Å²) in [5.41, 5.74) is 1.81. The van der Waals surface area contributed by atoms with E-state index in [0.717, 1.165) is 24.3 Å². The lowest BCUT2D eigenvalue weighted by Gasteiger charge is -2.29. The molecule has 27 heavy (non-hydrogen) atoms. The SMILES string of the molecule is N#C[C@@H]1CSCN1C(=O)Cn1ccc(=O)c2cc(N3CCCCC3)ccc21. The summed E-state index contributed by atoms with van der Waals surface area (Å²) >= 11 is 1.60. The predicted octanol–water partition coefficient (Wildman–Crippen LogP) is 2.42. The van der Waals surface area contributed by atoms with Crippen LogP contribution in [0.25, 0.3) is 10.9 Å². The van der Waals surface area contributed by atoms with Gasteiger partial charge in [-0.15, -0.1) is 11.8 Å². The van der Waals surface area contributed by atoms with Crippen molar-refractivity contribution in [2.24, 2.45) is 0 Å². The fourth-order valence-corrected chi connectivity index (χ4v) is 4.92. The van der Waals surface area contributed by atoms with Crippen LogP contribution in [0.5, 0.6) is 0 Å². The Kier molecular flexibility index (Phi) is 5.08. The van der Waals surface area contributed by atoms with Gasteiger partial charge in [-0.3, -0.25) is 9.59 Å². The van der Waals surface area contributed by atoms with Gasteiger partial charge in [-0.25, -0.2) is 0 Å². The quantitative estimate of drug-likeness (QED) is 0.815. The Morgan fingerprint density at radius 2 is 2.04 bits per heavy atom. The molecule has 2 aliphatic heterocycles. The van der Waals surface area contributed by atoms with Crippen LogP contribution < -0.4 is 10.3 Å². The summed E-state index contributed by atoms with van der Waals surface area (Å²) in [5.74, 6) is 1.12. The van der Waals surface area contributed by atoms with E-state index in [-0.39, 0.29) is 23.9 Å². The van der Waals surface area contributed by atoms with E-state index in [0.29, 0.717) is 17.0 Å². The summed E-state index contributed by atoms with van der Waals surface area (Å²) in [4.78, 5) is 29.1. The number of amides is 1. The van der Waals surface area contributed by atoms with Crippen LogP contribution in [0.2, 0.25) is 0 Å². The molecule has 140 valence electrons. The Hall–Kier alpha value is -2.46. The molecule has 2 saturated heterocycles. The van der Waals surface area contributed by atoms with Crippen molar-refractivity contribution < 1.29 is 4.79 Å². The smallest absolute Gasteiger partial charge is 0.244 e. The van der Waals surface area contributed by atoms with Gasteiger partial charge in [-0.05, 0) is 37.5 Å². The molecule has 2 aliphatic rings. The van der Waals surface area contributed by atoms with Crippen LogP contribution in [0.15, 0.2) is 35.3 Å². The number of fused-ring (bicyclic) bond motifs is 1. The van der Waals surface area contributed by atoms with E-state index in [9.17, 15) is 14.9 Å². The van der Waals surface area contributed by atoms with Gasteiger partial charge in [0.05, 0.1) is 17.5 Å². The Labute approximate surface area is 162 Å². The van der Waals surface area contributed by atoms with Gasteiger partial charge in [0.15, 0.2) is 5.43 Å². The van der Waals surface area contributed by atoms with E-state index >= 15 is 0 Å². The Balaban J connectivity index is 1.64. The van der Waals surface area contributed by atoms with Gasteiger partial charge >= 0.3 is 0 Å². The maximum absolute atomic E-state index is 12.7. The number of carbonyl (C=O) groups excluding carboxylic acids is 1. The molecule has 0 bridgehead atoms. The van der Waals surface area contributed by atoms with Gasteiger partial charge in [0.1, 0.15) is 12.6 Å². The number of pyridine rings is 1. The first kappa shape index (κ1) is 17.9. The molecule has 2 aromatic rings. The molecule has 6 nitrogen and oxygen atoms in total. The molecule has 1 aromatic heterocycles. The summed E-state index contributed by atoms with van der Waals surface area (Å²) in [6.07, 6.45) is 5.30. The molecule has 0 aliphatic carbocycles. The van der Waals surface area contributed by atoms with Gasteiger partial charge in [0.2, 0.25) is 5.91 Å². The van der Waals surface area contributed by atoms with Crippen molar-refractivity contribution in [1.82, 2.24) is 9.47 Å². The number of nitrogens with zero attached hydrogens (tertiary/aromatic N) is 4. The second kappa shape index (κ2) is 7.65. The topological polar surface area (TPSA) is 69.3 Å². The Bertz CT molecular complexity index is 959. The summed E-state index contributed by atoms with van der Waals surface area (Å²) in [5, 5.41) is 9.84. The molecule has 7 heteroatoms. The molecule has 0 N–H and O–H groups in total. The number of nitriles is 1. The molecule has 2 fully saturated rings. The number of benzene rings is 1. The summed E-state index contributed by atoms with van der Waals surface area (Å²) in [7, 11) is 0. The van der Waals surface area contributed by atoms with Crippen molar-refractivity contribution in [3.63, 3.8) is 0 Å². The number of rotatable bonds is 3. The minimum atomic E-state index is -0.362. The van der Waals surface area contributed by atoms with Crippen LogP contribution in [-0.4, -0.2) is 46.1 Å². The van der Waals surface area contributed by atoms with E-state index in [4.69, 9.17) is 0 Å². The molecule has 0 saturated carbocycles. The van der Waals surface area contributed by atoms with Gasteiger partial charge < -0.3 is 14.4 Å². The molecule has 0 radical (unpaired) electrons. The second-order valence-electron chi connectivity index (χ2n) is 7.07. The van der Waals surface area contributed by atoms with Crippen LogP contribution in [0.1, 0.15) is 19.3 Å². The highest BCUT2D eigenvalue weighted by atomic mass is 32.2. The first-order chi connectivity index (χ1) is 13.2. The number of aromatic nitrogens is 1. The molecule has 3 heterocycles. The molecule has 1 aromatic carbocycles. The number of anilines is 1. The van der Waals surface area contributed by atoms with Crippen molar-refractivity contribution >= 4 is 34.3 Å². The molecule has 0 unspecified atom stereocenters. The third-order valence-corrected chi connectivity index (χ3v) is 6.35. The summed E-state index contributed by atoms with van der Waals surface area (Å²) < 4.78 is 1.82.